The third kappa shape index (κ3) is 2.11. The van der Waals surface area contributed by atoms with Gasteiger partial charge in [-0.05, 0) is 36.0 Å². The van der Waals surface area contributed by atoms with Crippen molar-refractivity contribution in [2.24, 2.45) is 5.73 Å². The molecule has 3 nitrogen and oxygen atoms in total. The number of benzene rings is 1. The zero-order valence-corrected chi connectivity index (χ0v) is 9.89. The van der Waals surface area contributed by atoms with Gasteiger partial charge in [-0.25, -0.2) is 4.98 Å². The molecule has 1 aromatic carbocycles. The van der Waals surface area contributed by atoms with Crippen molar-refractivity contribution in [3.05, 3.63) is 53.1 Å². The van der Waals surface area contributed by atoms with Crippen LogP contribution in [0.1, 0.15) is 28.8 Å². The van der Waals surface area contributed by atoms with Crippen LogP contribution < -0.4 is 5.73 Å². The SMILES string of the molecule is NCc1cn(Cc2ccc3c(c2)CCC3)cn1. The highest BCUT2D eigenvalue weighted by Gasteiger charge is 2.10. The Morgan fingerprint density at radius 1 is 1.24 bits per heavy atom. The Bertz CT molecular complexity index is 528. The number of aryl methyl sites for hydroxylation is 2. The molecular formula is C14H17N3. The predicted octanol–water partition coefficient (Wildman–Crippen LogP) is 1.88. The molecule has 2 aromatic rings. The first-order chi connectivity index (χ1) is 8.35. The van der Waals surface area contributed by atoms with Crippen LogP contribution in [0.3, 0.4) is 0 Å². The van der Waals surface area contributed by atoms with Crippen LogP contribution in [0.2, 0.25) is 0 Å². The molecule has 0 saturated carbocycles. The lowest BCUT2D eigenvalue weighted by Crippen LogP contribution is -1.99. The van der Waals surface area contributed by atoms with Gasteiger partial charge in [-0.1, -0.05) is 18.2 Å². The lowest BCUT2D eigenvalue weighted by atomic mass is 10.1. The quantitative estimate of drug-likeness (QED) is 0.870. The normalized spacial score (nSPS) is 13.9. The fourth-order valence-corrected chi connectivity index (χ4v) is 2.53. The van der Waals surface area contributed by atoms with E-state index in [0.717, 1.165) is 12.2 Å². The van der Waals surface area contributed by atoms with E-state index in [4.69, 9.17) is 5.73 Å². The maximum absolute atomic E-state index is 5.55. The van der Waals surface area contributed by atoms with Crippen molar-refractivity contribution in [2.45, 2.75) is 32.4 Å². The van der Waals surface area contributed by atoms with Crippen LogP contribution in [0.5, 0.6) is 0 Å². The molecule has 0 fully saturated rings. The second-order valence-electron chi connectivity index (χ2n) is 4.70. The second-order valence-corrected chi connectivity index (χ2v) is 4.70. The van der Waals surface area contributed by atoms with Crippen molar-refractivity contribution < 1.29 is 0 Å². The molecule has 1 aliphatic carbocycles. The van der Waals surface area contributed by atoms with Gasteiger partial charge in [0, 0.05) is 19.3 Å². The van der Waals surface area contributed by atoms with Gasteiger partial charge in [0.05, 0.1) is 12.0 Å². The van der Waals surface area contributed by atoms with Gasteiger partial charge in [0.15, 0.2) is 0 Å². The van der Waals surface area contributed by atoms with Gasteiger partial charge in [0.25, 0.3) is 0 Å². The summed E-state index contributed by atoms with van der Waals surface area (Å²) in [4.78, 5) is 4.24. The van der Waals surface area contributed by atoms with Crippen LogP contribution in [-0.4, -0.2) is 9.55 Å². The highest BCUT2D eigenvalue weighted by Crippen LogP contribution is 2.23. The van der Waals surface area contributed by atoms with Gasteiger partial charge in [-0.2, -0.15) is 0 Å². The summed E-state index contributed by atoms with van der Waals surface area (Å²) in [6.07, 6.45) is 7.67. The molecule has 1 heterocycles. The monoisotopic (exact) mass is 227 g/mol. The Kier molecular flexibility index (Phi) is 2.69. The molecule has 0 bridgehead atoms. The van der Waals surface area contributed by atoms with Gasteiger partial charge >= 0.3 is 0 Å². The highest BCUT2D eigenvalue weighted by molar-refractivity contribution is 5.35. The number of imidazole rings is 1. The van der Waals surface area contributed by atoms with Crippen LogP contribution in [0.4, 0.5) is 0 Å². The number of fused-ring (bicyclic) bond motifs is 1. The van der Waals surface area contributed by atoms with Gasteiger partial charge in [0.1, 0.15) is 0 Å². The van der Waals surface area contributed by atoms with Crippen LogP contribution in [0.25, 0.3) is 0 Å². The summed E-state index contributed by atoms with van der Waals surface area (Å²) in [6.45, 7) is 1.40. The van der Waals surface area contributed by atoms with Crippen LogP contribution >= 0.6 is 0 Å². The maximum atomic E-state index is 5.55. The lowest BCUT2D eigenvalue weighted by Gasteiger charge is -2.05. The first kappa shape index (κ1) is 10.5. The van der Waals surface area contributed by atoms with E-state index in [1.54, 1.807) is 0 Å². The van der Waals surface area contributed by atoms with E-state index >= 15 is 0 Å². The fourth-order valence-electron chi connectivity index (χ4n) is 2.53. The molecule has 3 rings (SSSR count). The minimum Gasteiger partial charge on any atom is -0.333 e. The molecule has 17 heavy (non-hydrogen) atoms. The summed E-state index contributed by atoms with van der Waals surface area (Å²) < 4.78 is 2.10. The highest BCUT2D eigenvalue weighted by atomic mass is 15.0. The number of nitrogens with two attached hydrogens (primary N) is 1. The molecule has 1 aromatic heterocycles. The van der Waals surface area contributed by atoms with Crippen molar-refractivity contribution in [2.75, 3.05) is 0 Å². The maximum Gasteiger partial charge on any atom is 0.0953 e. The third-order valence-electron chi connectivity index (χ3n) is 3.42. The summed E-state index contributed by atoms with van der Waals surface area (Å²) >= 11 is 0. The number of hydrogen-bond donors (Lipinski definition) is 1. The molecule has 0 aliphatic heterocycles. The molecule has 0 saturated heterocycles. The van der Waals surface area contributed by atoms with Crippen molar-refractivity contribution in [3.63, 3.8) is 0 Å². The summed E-state index contributed by atoms with van der Waals surface area (Å²) in [7, 11) is 0. The molecule has 2 N–H and O–H groups in total. The van der Waals surface area contributed by atoms with E-state index in [0.29, 0.717) is 6.54 Å². The van der Waals surface area contributed by atoms with E-state index < -0.39 is 0 Å². The van der Waals surface area contributed by atoms with E-state index in [9.17, 15) is 0 Å². The Labute approximate surface area is 101 Å². The van der Waals surface area contributed by atoms with Gasteiger partial charge < -0.3 is 10.3 Å². The molecule has 0 unspecified atom stereocenters. The molecule has 0 radical (unpaired) electrons. The molecule has 0 atom stereocenters. The smallest absolute Gasteiger partial charge is 0.0953 e. The van der Waals surface area contributed by atoms with Crippen molar-refractivity contribution in [1.82, 2.24) is 9.55 Å². The van der Waals surface area contributed by atoms with Crippen molar-refractivity contribution >= 4 is 0 Å². The molecule has 0 spiro atoms. The van der Waals surface area contributed by atoms with E-state index in [1.807, 2.05) is 12.5 Å². The summed E-state index contributed by atoms with van der Waals surface area (Å²) in [6, 6.07) is 6.84. The van der Waals surface area contributed by atoms with Crippen LogP contribution in [0.15, 0.2) is 30.7 Å². The Morgan fingerprint density at radius 2 is 2.12 bits per heavy atom. The Balaban J connectivity index is 1.80. The third-order valence-corrected chi connectivity index (χ3v) is 3.42. The largest absolute Gasteiger partial charge is 0.333 e. The predicted molar refractivity (Wildman–Crippen MR) is 67.7 cm³/mol. The zero-order valence-electron chi connectivity index (χ0n) is 9.89. The van der Waals surface area contributed by atoms with Crippen molar-refractivity contribution in [1.29, 1.82) is 0 Å². The number of hydrogen-bond acceptors (Lipinski definition) is 2. The fraction of sp³-hybridized carbons (Fsp3) is 0.357. The van der Waals surface area contributed by atoms with E-state index in [-0.39, 0.29) is 0 Å². The standard InChI is InChI=1S/C14H17N3/c15-7-14-9-17(10-16-14)8-11-4-5-12-2-1-3-13(12)6-11/h4-6,9-10H,1-3,7-8,15H2. The minimum absolute atomic E-state index is 0.511. The zero-order chi connectivity index (χ0) is 11.7. The lowest BCUT2D eigenvalue weighted by molar-refractivity contribution is 0.794. The molecular weight excluding hydrogens is 210 g/mol. The number of nitrogens with zero attached hydrogens (tertiary/aromatic N) is 2. The summed E-state index contributed by atoms with van der Waals surface area (Å²) in [5.41, 5.74) is 10.9. The van der Waals surface area contributed by atoms with Crippen LogP contribution in [-0.2, 0) is 25.9 Å². The van der Waals surface area contributed by atoms with Crippen LogP contribution in [0, 0.1) is 0 Å². The first-order valence-electron chi connectivity index (χ1n) is 6.16. The second kappa shape index (κ2) is 4.34. The van der Waals surface area contributed by atoms with Gasteiger partial charge in [-0.3, -0.25) is 0 Å². The van der Waals surface area contributed by atoms with E-state index in [1.165, 1.54) is 36.0 Å². The number of rotatable bonds is 3. The topological polar surface area (TPSA) is 43.8 Å². The molecule has 0 amide bonds. The average molecular weight is 227 g/mol. The van der Waals surface area contributed by atoms with Crippen molar-refractivity contribution in [3.8, 4) is 0 Å². The average Bonchev–Trinajstić information content (AvgIpc) is 2.96. The Morgan fingerprint density at radius 3 is 2.94 bits per heavy atom. The van der Waals surface area contributed by atoms with E-state index in [2.05, 4.69) is 27.8 Å². The first-order valence-corrected chi connectivity index (χ1v) is 6.16. The minimum atomic E-state index is 0.511. The Hall–Kier alpha value is -1.61. The molecule has 88 valence electrons. The van der Waals surface area contributed by atoms with Gasteiger partial charge in [-0.15, -0.1) is 0 Å². The summed E-state index contributed by atoms with van der Waals surface area (Å²) in [5.74, 6) is 0. The van der Waals surface area contributed by atoms with Gasteiger partial charge in [0.2, 0.25) is 0 Å². The molecule has 3 heteroatoms. The summed E-state index contributed by atoms with van der Waals surface area (Å²) in [5, 5.41) is 0. The number of aromatic nitrogens is 2. The molecule has 1 aliphatic rings.